The van der Waals surface area contributed by atoms with Crippen LogP contribution in [0.25, 0.3) is 22.9 Å². The molecule has 10 rings (SSSR count). The summed E-state index contributed by atoms with van der Waals surface area (Å²) in [7, 11) is 0. The van der Waals surface area contributed by atoms with Crippen molar-refractivity contribution in [2.75, 3.05) is 30.3 Å². The summed E-state index contributed by atoms with van der Waals surface area (Å²) in [6.45, 7) is 2.49. The van der Waals surface area contributed by atoms with E-state index in [1.165, 1.54) is 16.9 Å². The summed E-state index contributed by atoms with van der Waals surface area (Å²) >= 11 is 0. The lowest BCUT2D eigenvalue weighted by atomic mass is 10.0. The Morgan fingerprint density at radius 1 is 0.855 bits per heavy atom. The number of ether oxygens (including phenoxy) is 3. The van der Waals surface area contributed by atoms with Crippen LogP contribution >= 0.6 is 0 Å². The van der Waals surface area contributed by atoms with Gasteiger partial charge in [0.1, 0.15) is 23.9 Å². The smallest absolute Gasteiger partial charge is 0.307 e. The number of alkyl halides is 2. The number of carbonyl (C=O) groups is 2. The number of anilines is 2. The van der Waals surface area contributed by atoms with Crippen molar-refractivity contribution in [1.29, 1.82) is 0 Å². The first-order valence-corrected chi connectivity index (χ1v) is 20.9. The van der Waals surface area contributed by atoms with Gasteiger partial charge in [0.05, 0.1) is 23.1 Å². The standard InChI is InChI=1S/C50H43F3N4O5/c1-28-16-35(61-44-13-7-6-12-41(44)51)14-15-42(28)57-50(54)40(24-55-57)48(59)32-20-30-22-43(45(23-31(30)21-32)60-27-46(52)53)56-25-33-17-29(18-34(33)26-56)19-47(58)62-49-38-10-4-2-8-36(38)37-9-3-5-11-39(37)49/h2-16,21-24,29,33-34,46,49H,17-20,25-27,54H2,1H3/t29?,33-,34?/m0/s1. The number of nitrogens with zero attached hydrogens (tertiary/aromatic N) is 3. The van der Waals surface area contributed by atoms with E-state index < -0.39 is 25.0 Å². The summed E-state index contributed by atoms with van der Waals surface area (Å²) < 4.78 is 60.3. The summed E-state index contributed by atoms with van der Waals surface area (Å²) in [5.41, 5.74) is 15.2. The molecular formula is C50H43F3N4O5. The number of aromatic nitrogens is 2. The fourth-order valence-corrected chi connectivity index (χ4v) is 9.94. The summed E-state index contributed by atoms with van der Waals surface area (Å²) in [5, 5.41) is 4.44. The average Bonchev–Trinajstić information content (AvgIpc) is 4.09. The summed E-state index contributed by atoms with van der Waals surface area (Å²) in [5.74, 6) is 0.903. The van der Waals surface area contributed by atoms with Gasteiger partial charge in [-0.25, -0.2) is 17.9 Å². The maximum absolute atomic E-state index is 14.2. The van der Waals surface area contributed by atoms with Crippen molar-refractivity contribution in [1.82, 2.24) is 9.78 Å². The number of aryl methyl sites for hydroxylation is 1. The Hall–Kier alpha value is -6.82. The molecule has 3 aliphatic carbocycles. The largest absolute Gasteiger partial charge is 0.485 e. The fraction of sp³-hybridized carbons (Fsp3) is 0.260. The van der Waals surface area contributed by atoms with Crippen LogP contribution in [0.1, 0.15) is 63.5 Å². The number of carbonyl (C=O) groups excluding carboxylic acids is 2. The molecule has 2 fully saturated rings. The molecule has 2 unspecified atom stereocenters. The number of hydrogen-bond acceptors (Lipinski definition) is 8. The highest BCUT2D eigenvalue weighted by atomic mass is 19.3. The summed E-state index contributed by atoms with van der Waals surface area (Å²) in [6, 6.07) is 31.1. The predicted molar refractivity (Wildman–Crippen MR) is 229 cm³/mol. The molecule has 2 N–H and O–H groups in total. The van der Waals surface area contributed by atoms with Gasteiger partial charge in [0.15, 0.2) is 23.5 Å². The third-order valence-electron chi connectivity index (χ3n) is 12.8. The van der Waals surface area contributed by atoms with Crippen molar-refractivity contribution < 1.29 is 37.0 Å². The Morgan fingerprint density at radius 2 is 1.55 bits per heavy atom. The second kappa shape index (κ2) is 15.9. The highest BCUT2D eigenvalue weighted by Crippen LogP contribution is 2.49. The van der Waals surface area contributed by atoms with Crippen LogP contribution in [0.15, 0.2) is 115 Å². The minimum atomic E-state index is -2.66. The second-order valence-corrected chi connectivity index (χ2v) is 16.7. The molecule has 0 radical (unpaired) electrons. The van der Waals surface area contributed by atoms with E-state index in [2.05, 4.69) is 22.1 Å². The zero-order valence-corrected chi connectivity index (χ0v) is 33.9. The van der Waals surface area contributed by atoms with E-state index in [1.807, 2.05) is 49.4 Å². The lowest BCUT2D eigenvalue weighted by Crippen LogP contribution is -2.24. The van der Waals surface area contributed by atoms with Gasteiger partial charge in [0.25, 0.3) is 6.43 Å². The number of hydrogen-bond donors (Lipinski definition) is 1. The Labute approximate surface area is 356 Å². The number of fused-ring (bicyclic) bond motifs is 5. The van der Waals surface area contributed by atoms with Crippen LogP contribution in [0, 0.1) is 30.5 Å². The molecule has 4 aliphatic rings. The number of allylic oxidation sites excluding steroid dienone is 1. The van der Waals surface area contributed by atoms with Gasteiger partial charge >= 0.3 is 5.97 Å². The van der Waals surface area contributed by atoms with Crippen LogP contribution in [-0.4, -0.2) is 47.7 Å². The number of Topliss-reactive ketones (excluding diaryl/α,β-unsaturated/α-hetero) is 1. The highest BCUT2D eigenvalue weighted by Gasteiger charge is 2.43. The van der Waals surface area contributed by atoms with Gasteiger partial charge in [-0.2, -0.15) is 5.10 Å². The van der Waals surface area contributed by atoms with E-state index >= 15 is 0 Å². The number of nitrogens with two attached hydrogens (primary N) is 1. The molecule has 314 valence electrons. The third kappa shape index (κ3) is 7.26. The topological polar surface area (TPSA) is 109 Å². The number of para-hydroxylation sites is 1. The first-order valence-electron chi connectivity index (χ1n) is 20.9. The molecular weight excluding hydrogens is 794 g/mol. The lowest BCUT2D eigenvalue weighted by molar-refractivity contribution is -0.148. The molecule has 62 heavy (non-hydrogen) atoms. The van der Waals surface area contributed by atoms with Crippen molar-refractivity contribution in [2.45, 2.75) is 45.1 Å². The van der Waals surface area contributed by atoms with E-state index in [0.29, 0.717) is 60.5 Å². The number of halogens is 3. The van der Waals surface area contributed by atoms with Crippen LogP contribution in [0.5, 0.6) is 17.2 Å². The molecule has 1 saturated carbocycles. The fourth-order valence-electron chi connectivity index (χ4n) is 9.94. The quantitative estimate of drug-likeness (QED) is 0.0959. The Morgan fingerprint density at radius 3 is 2.24 bits per heavy atom. The van der Waals surface area contributed by atoms with E-state index in [4.69, 9.17) is 19.9 Å². The number of benzene rings is 5. The Bertz CT molecular complexity index is 2720. The van der Waals surface area contributed by atoms with Crippen LogP contribution < -0.4 is 20.1 Å². The molecule has 3 atom stereocenters. The van der Waals surface area contributed by atoms with Gasteiger partial charge in [-0.3, -0.25) is 9.59 Å². The van der Waals surface area contributed by atoms with E-state index in [-0.39, 0.29) is 34.8 Å². The molecule has 12 heteroatoms. The monoisotopic (exact) mass is 836 g/mol. The van der Waals surface area contributed by atoms with Crippen LogP contribution in [0.4, 0.5) is 24.7 Å². The molecule has 6 aromatic rings. The van der Waals surface area contributed by atoms with E-state index in [9.17, 15) is 22.8 Å². The highest BCUT2D eigenvalue weighted by molar-refractivity contribution is 6.15. The van der Waals surface area contributed by atoms with E-state index in [0.717, 1.165) is 57.5 Å². The number of esters is 1. The van der Waals surface area contributed by atoms with Crippen molar-refractivity contribution in [3.8, 4) is 34.1 Å². The van der Waals surface area contributed by atoms with Crippen LogP contribution in [0.2, 0.25) is 0 Å². The molecule has 1 saturated heterocycles. The van der Waals surface area contributed by atoms with Crippen molar-refractivity contribution in [2.24, 2.45) is 17.8 Å². The number of nitrogen functional groups attached to an aromatic ring is 1. The van der Waals surface area contributed by atoms with Crippen LogP contribution in [0.3, 0.4) is 0 Å². The maximum Gasteiger partial charge on any atom is 0.307 e. The minimum absolute atomic E-state index is 0.0997. The van der Waals surface area contributed by atoms with Gasteiger partial charge in [-0.1, -0.05) is 60.7 Å². The van der Waals surface area contributed by atoms with Gasteiger partial charge in [-0.05, 0) is 114 Å². The average molecular weight is 837 g/mol. The van der Waals surface area contributed by atoms with E-state index in [1.54, 1.807) is 48.5 Å². The Kier molecular flexibility index (Phi) is 10.1. The molecule has 0 bridgehead atoms. The van der Waals surface area contributed by atoms with Gasteiger partial charge in [0, 0.05) is 42.6 Å². The molecule has 5 aromatic carbocycles. The van der Waals surface area contributed by atoms with Crippen molar-refractivity contribution in [3.05, 3.63) is 154 Å². The van der Waals surface area contributed by atoms with Gasteiger partial charge in [0.2, 0.25) is 0 Å². The van der Waals surface area contributed by atoms with Gasteiger partial charge in [-0.15, -0.1) is 0 Å². The van der Waals surface area contributed by atoms with Gasteiger partial charge < -0.3 is 24.8 Å². The normalized spacial score (nSPS) is 18.6. The zero-order chi connectivity index (χ0) is 42.6. The molecule has 0 spiro atoms. The van der Waals surface area contributed by atoms with Crippen molar-refractivity contribution >= 4 is 29.3 Å². The minimum Gasteiger partial charge on any atom is -0.485 e. The molecule has 0 amide bonds. The Balaban J connectivity index is 0.806. The number of rotatable bonds is 12. The second-order valence-electron chi connectivity index (χ2n) is 16.7. The molecule has 1 aromatic heterocycles. The van der Waals surface area contributed by atoms with Crippen LogP contribution in [-0.2, 0) is 16.0 Å². The molecule has 9 nitrogen and oxygen atoms in total. The first-order chi connectivity index (χ1) is 30.1. The SMILES string of the molecule is Cc1cc(Oc2ccccc2F)ccc1-n1ncc(C(=O)C2=Cc3cc(OCC(F)F)c(N4CC5CC(CC(=O)OC6c7ccccc7-c7ccccc76)C[C@H]5C4)cc3C2)c1N. The molecule has 1 aliphatic heterocycles. The zero-order valence-electron chi connectivity index (χ0n) is 33.9. The van der Waals surface area contributed by atoms with Crippen molar-refractivity contribution in [3.63, 3.8) is 0 Å². The third-order valence-corrected chi connectivity index (χ3v) is 12.8. The summed E-state index contributed by atoms with van der Waals surface area (Å²) in [6.07, 6.45) is 2.53. The summed E-state index contributed by atoms with van der Waals surface area (Å²) in [4.78, 5) is 29.6. The maximum atomic E-state index is 14.2. The lowest BCUT2D eigenvalue weighted by Gasteiger charge is -2.25. The number of ketones is 1. The predicted octanol–water partition coefficient (Wildman–Crippen LogP) is 10.3. The molecule has 2 heterocycles. The first kappa shape index (κ1) is 39.3.